The van der Waals surface area contributed by atoms with Gasteiger partial charge in [0.1, 0.15) is 6.04 Å². The van der Waals surface area contributed by atoms with Gasteiger partial charge in [0.15, 0.2) is 11.5 Å². The van der Waals surface area contributed by atoms with Crippen LogP contribution in [0.1, 0.15) is 37.3 Å². The largest absolute Gasteiger partial charge is 0.493 e. The molecule has 0 aliphatic heterocycles. The molecule has 0 aromatic heterocycles. The number of hydrogen-bond donors (Lipinski definition) is 2. The molecule has 1 saturated carbocycles. The number of methoxy groups -OCH3 is 2. The minimum absolute atomic E-state index is 0.218. The van der Waals surface area contributed by atoms with Crippen molar-refractivity contribution in [1.82, 2.24) is 5.32 Å². The van der Waals surface area contributed by atoms with Crippen molar-refractivity contribution in [2.75, 3.05) is 14.2 Å². The Kier molecular flexibility index (Phi) is 5.31. The first-order valence-corrected chi connectivity index (χ1v) is 7.35. The van der Waals surface area contributed by atoms with Gasteiger partial charge in [-0.2, -0.15) is 0 Å². The zero-order chi connectivity index (χ0) is 15.4. The third-order valence-corrected chi connectivity index (χ3v) is 4.22. The summed E-state index contributed by atoms with van der Waals surface area (Å²) < 4.78 is 10.4. The van der Waals surface area contributed by atoms with Gasteiger partial charge in [-0.1, -0.05) is 30.5 Å². The molecule has 0 saturated heterocycles. The van der Waals surface area contributed by atoms with E-state index in [1.807, 2.05) is 0 Å². The van der Waals surface area contributed by atoms with Crippen LogP contribution in [0, 0.1) is 0 Å². The van der Waals surface area contributed by atoms with Gasteiger partial charge >= 0.3 is 5.97 Å². The summed E-state index contributed by atoms with van der Waals surface area (Å²) in [5.74, 6) is -0.108. The van der Waals surface area contributed by atoms with Crippen molar-refractivity contribution in [2.24, 2.45) is 0 Å². The molecule has 1 aromatic carbocycles. The van der Waals surface area contributed by atoms with E-state index in [-0.39, 0.29) is 11.1 Å². The van der Waals surface area contributed by atoms with Crippen LogP contribution >= 0.6 is 11.6 Å². The maximum Gasteiger partial charge on any atom is 0.325 e. The van der Waals surface area contributed by atoms with Crippen molar-refractivity contribution in [3.05, 3.63) is 22.7 Å². The first kappa shape index (κ1) is 15.9. The number of aliphatic carboxylic acids is 1. The lowest BCUT2D eigenvalue weighted by molar-refractivity contribution is -0.139. The number of carbonyl (C=O) groups is 1. The van der Waals surface area contributed by atoms with Crippen molar-refractivity contribution in [3.8, 4) is 11.5 Å². The lowest BCUT2D eigenvalue weighted by atomic mass is 10.0. The van der Waals surface area contributed by atoms with E-state index in [1.54, 1.807) is 12.1 Å². The maximum absolute atomic E-state index is 11.6. The number of carboxylic acid groups (broad SMARTS) is 1. The molecule has 2 N–H and O–H groups in total. The molecule has 0 spiro atoms. The SMILES string of the molecule is COc1ccc(C(NC2CCCC2)C(=O)O)c(Cl)c1OC. The zero-order valence-electron chi connectivity index (χ0n) is 12.2. The Hall–Kier alpha value is -1.46. The maximum atomic E-state index is 11.6. The molecule has 0 bridgehead atoms. The van der Waals surface area contributed by atoms with Crippen molar-refractivity contribution < 1.29 is 19.4 Å². The van der Waals surface area contributed by atoms with Crippen LogP contribution in [-0.4, -0.2) is 31.3 Å². The number of benzene rings is 1. The molecule has 21 heavy (non-hydrogen) atoms. The predicted octanol–water partition coefficient (Wildman–Crippen LogP) is 3.02. The van der Waals surface area contributed by atoms with Crippen molar-refractivity contribution in [2.45, 2.75) is 37.8 Å². The normalized spacial score (nSPS) is 16.7. The Labute approximate surface area is 129 Å². The molecule has 6 heteroatoms. The lowest BCUT2D eigenvalue weighted by Crippen LogP contribution is -2.35. The van der Waals surface area contributed by atoms with Crippen molar-refractivity contribution in [3.63, 3.8) is 0 Å². The molecule has 1 aromatic rings. The molecule has 116 valence electrons. The Balaban J connectivity index is 2.33. The van der Waals surface area contributed by atoms with Crippen molar-refractivity contribution in [1.29, 1.82) is 0 Å². The lowest BCUT2D eigenvalue weighted by Gasteiger charge is -2.22. The fourth-order valence-corrected chi connectivity index (χ4v) is 3.09. The van der Waals surface area contributed by atoms with Gasteiger partial charge in [-0.25, -0.2) is 0 Å². The van der Waals surface area contributed by atoms with Crippen molar-refractivity contribution >= 4 is 17.6 Å². The van der Waals surface area contributed by atoms with E-state index < -0.39 is 12.0 Å². The van der Waals surface area contributed by atoms with E-state index >= 15 is 0 Å². The number of nitrogens with one attached hydrogen (secondary N) is 1. The first-order valence-electron chi connectivity index (χ1n) is 6.97. The van der Waals surface area contributed by atoms with Crippen LogP contribution in [0.3, 0.4) is 0 Å². The third-order valence-electron chi connectivity index (χ3n) is 3.83. The number of rotatable bonds is 6. The van der Waals surface area contributed by atoms with Gasteiger partial charge in [0.25, 0.3) is 0 Å². The Morgan fingerprint density at radius 3 is 2.52 bits per heavy atom. The van der Waals surface area contributed by atoms with Gasteiger partial charge in [-0.15, -0.1) is 0 Å². The smallest absolute Gasteiger partial charge is 0.325 e. The molecule has 1 unspecified atom stereocenters. The van der Waals surface area contributed by atoms with E-state index in [0.29, 0.717) is 17.1 Å². The molecule has 0 heterocycles. The quantitative estimate of drug-likeness (QED) is 0.845. The average Bonchev–Trinajstić information content (AvgIpc) is 2.97. The summed E-state index contributed by atoms with van der Waals surface area (Å²) in [6.07, 6.45) is 4.25. The van der Waals surface area contributed by atoms with Crippen LogP contribution in [0.25, 0.3) is 0 Å². The van der Waals surface area contributed by atoms with E-state index in [2.05, 4.69) is 5.32 Å². The van der Waals surface area contributed by atoms with Gasteiger partial charge in [-0.3, -0.25) is 10.1 Å². The van der Waals surface area contributed by atoms with Crippen LogP contribution in [0.5, 0.6) is 11.5 Å². The summed E-state index contributed by atoms with van der Waals surface area (Å²) in [5.41, 5.74) is 0.494. The topological polar surface area (TPSA) is 67.8 Å². The predicted molar refractivity (Wildman–Crippen MR) is 80.3 cm³/mol. The Morgan fingerprint density at radius 2 is 2.00 bits per heavy atom. The van der Waals surface area contributed by atoms with Crippen LogP contribution in [0.15, 0.2) is 12.1 Å². The highest BCUT2D eigenvalue weighted by molar-refractivity contribution is 6.33. The van der Waals surface area contributed by atoms with Crippen LogP contribution in [0.4, 0.5) is 0 Å². The Morgan fingerprint density at radius 1 is 1.33 bits per heavy atom. The first-order chi connectivity index (χ1) is 10.1. The van der Waals surface area contributed by atoms with Crippen LogP contribution in [0.2, 0.25) is 5.02 Å². The molecule has 1 aliphatic rings. The zero-order valence-corrected chi connectivity index (χ0v) is 12.9. The summed E-state index contributed by atoms with van der Waals surface area (Å²) in [6, 6.07) is 2.71. The summed E-state index contributed by atoms with van der Waals surface area (Å²) >= 11 is 6.31. The summed E-state index contributed by atoms with van der Waals surface area (Å²) in [5, 5.41) is 13.0. The molecule has 5 nitrogen and oxygen atoms in total. The molecule has 1 atom stereocenters. The highest BCUT2D eigenvalue weighted by Gasteiger charge is 2.29. The summed E-state index contributed by atoms with van der Waals surface area (Å²) in [7, 11) is 2.99. The van der Waals surface area contributed by atoms with E-state index in [9.17, 15) is 9.90 Å². The summed E-state index contributed by atoms with van der Waals surface area (Å²) in [4.78, 5) is 11.6. The highest BCUT2D eigenvalue weighted by Crippen LogP contribution is 2.40. The second-order valence-corrected chi connectivity index (χ2v) is 5.50. The number of hydrogen-bond acceptors (Lipinski definition) is 4. The number of ether oxygens (including phenoxy) is 2. The fraction of sp³-hybridized carbons (Fsp3) is 0.533. The van der Waals surface area contributed by atoms with E-state index in [4.69, 9.17) is 21.1 Å². The van der Waals surface area contributed by atoms with Crippen LogP contribution < -0.4 is 14.8 Å². The monoisotopic (exact) mass is 313 g/mol. The molecular weight excluding hydrogens is 294 g/mol. The van der Waals surface area contributed by atoms with Gasteiger partial charge in [0.2, 0.25) is 0 Å². The van der Waals surface area contributed by atoms with E-state index in [0.717, 1.165) is 25.7 Å². The molecule has 1 aliphatic carbocycles. The third kappa shape index (κ3) is 3.41. The van der Waals surface area contributed by atoms with Gasteiger partial charge in [-0.05, 0) is 18.9 Å². The Bertz CT molecular complexity index is 515. The summed E-state index contributed by atoms with van der Waals surface area (Å²) in [6.45, 7) is 0. The van der Waals surface area contributed by atoms with E-state index in [1.165, 1.54) is 14.2 Å². The molecule has 2 rings (SSSR count). The average molecular weight is 314 g/mol. The fourth-order valence-electron chi connectivity index (χ4n) is 2.75. The molecule has 0 radical (unpaired) electrons. The molecular formula is C15H20ClNO4. The standard InChI is InChI=1S/C15H20ClNO4/c1-20-11-8-7-10(12(16)14(11)21-2)13(15(18)19)17-9-5-3-4-6-9/h7-9,13,17H,3-6H2,1-2H3,(H,18,19). The highest BCUT2D eigenvalue weighted by atomic mass is 35.5. The minimum Gasteiger partial charge on any atom is -0.493 e. The van der Waals surface area contributed by atoms with Gasteiger partial charge < -0.3 is 14.6 Å². The second kappa shape index (κ2) is 7.00. The number of carboxylic acids is 1. The van der Waals surface area contributed by atoms with Gasteiger partial charge in [0.05, 0.1) is 19.2 Å². The second-order valence-electron chi connectivity index (χ2n) is 5.12. The molecule has 0 amide bonds. The molecule has 1 fully saturated rings. The van der Waals surface area contributed by atoms with Gasteiger partial charge in [0, 0.05) is 11.6 Å². The van der Waals surface area contributed by atoms with Crippen LogP contribution in [-0.2, 0) is 4.79 Å². The number of halogens is 1. The minimum atomic E-state index is -0.948.